The zero-order valence-corrected chi connectivity index (χ0v) is 19.9. The molecule has 0 aliphatic carbocycles. The van der Waals surface area contributed by atoms with Gasteiger partial charge in [0.1, 0.15) is 11.5 Å². The Hall–Kier alpha value is -2.40. The van der Waals surface area contributed by atoms with Crippen molar-refractivity contribution in [2.75, 3.05) is 13.1 Å². The molecule has 1 unspecified atom stereocenters. The second-order valence-corrected chi connectivity index (χ2v) is 8.80. The number of aromatic nitrogens is 1. The molecular formula is C27H33ClN2O2. The highest BCUT2D eigenvalue weighted by atomic mass is 35.5. The Morgan fingerprint density at radius 2 is 1.91 bits per heavy atom. The molecule has 1 fully saturated rings. The van der Waals surface area contributed by atoms with E-state index in [1.165, 1.54) is 11.1 Å². The van der Waals surface area contributed by atoms with Crippen LogP contribution in [-0.4, -0.2) is 28.1 Å². The smallest absolute Gasteiger partial charge is 0.130 e. The zero-order chi connectivity index (χ0) is 21.8. The van der Waals surface area contributed by atoms with Crippen LogP contribution in [0.15, 0.2) is 60.7 Å². The fourth-order valence-electron chi connectivity index (χ4n) is 4.50. The van der Waals surface area contributed by atoms with E-state index in [0.717, 1.165) is 54.5 Å². The van der Waals surface area contributed by atoms with Crippen molar-refractivity contribution in [3.05, 3.63) is 88.7 Å². The molecule has 1 atom stereocenters. The highest BCUT2D eigenvalue weighted by molar-refractivity contribution is 5.85. The van der Waals surface area contributed by atoms with E-state index in [0.29, 0.717) is 11.8 Å². The minimum Gasteiger partial charge on any atom is -0.457 e. The number of hydrogen-bond acceptors (Lipinski definition) is 4. The van der Waals surface area contributed by atoms with Crippen LogP contribution in [0.5, 0.6) is 11.5 Å². The molecule has 2 aromatic carbocycles. The summed E-state index contributed by atoms with van der Waals surface area (Å²) in [6.45, 7) is 9.30. The lowest BCUT2D eigenvalue weighted by molar-refractivity contribution is 0.278. The number of benzene rings is 2. The van der Waals surface area contributed by atoms with Crippen molar-refractivity contribution in [2.24, 2.45) is 0 Å². The van der Waals surface area contributed by atoms with Gasteiger partial charge in [-0.3, -0.25) is 9.88 Å². The molecule has 5 heteroatoms. The molecule has 32 heavy (non-hydrogen) atoms. The van der Waals surface area contributed by atoms with E-state index in [-0.39, 0.29) is 19.0 Å². The number of aryl methyl sites for hydroxylation is 1. The SMILES string of the molecule is Cc1cccc(CN2CCC(c3ccc(Oc4ccccc4C(C)C)cc3CO)C2)n1.Cl. The van der Waals surface area contributed by atoms with Crippen molar-refractivity contribution in [1.82, 2.24) is 9.88 Å². The highest BCUT2D eigenvalue weighted by Crippen LogP contribution is 2.35. The molecule has 1 saturated heterocycles. The molecule has 1 N–H and O–H groups in total. The maximum Gasteiger partial charge on any atom is 0.130 e. The van der Waals surface area contributed by atoms with Crippen LogP contribution in [0.4, 0.5) is 0 Å². The number of nitrogens with zero attached hydrogens (tertiary/aromatic N) is 2. The van der Waals surface area contributed by atoms with Gasteiger partial charge in [0, 0.05) is 18.8 Å². The van der Waals surface area contributed by atoms with Crippen LogP contribution < -0.4 is 4.74 Å². The Morgan fingerprint density at radius 1 is 1.09 bits per heavy atom. The number of ether oxygens (including phenoxy) is 1. The number of pyridine rings is 1. The van der Waals surface area contributed by atoms with E-state index in [9.17, 15) is 5.11 Å². The van der Waals surface area contributed by atoms with E-state index < -0.39 is 0 Å². The maximum atomic E-state index is 10.1. The average molecular weight is 453 g/mol. The molecule has 4 nitrogen and oxygen atoms in total. The van der Waals surface area contributed by atoms with Crippen molar-refractivity contribution in [1.29, 1.82) is 0 Å². The highest BCUT2D eigenvalue weighted by Gasteiger charge is 2.26. The van der Waals surface area contributed by atoms with Gasteiger partial charge in [0.05, 0.1) is 12.3 Å². The second kappa shape index (κ2) is 11.0. The van der Waals surface area contributed by atoms with Crippen LogP contribution in [0.1, 0.15) is 60.2 Å². The summed E-state index contributed by atoms with van der Waals surface area (Å²) in [4.78, 5) is 7.10. The second-order valence-electron chi connectivity index (χ2n) is 8.80. The first-order chi connectivity index (χ1) is 15.0. The van der Waals surface area contributed by atoms with Gasteiger partial charge in [0.15, 0.2) is 0 Å². The lowest BCUT2D eigenvalue weighted by atomic mass is 9.93. The lowest BCUT2D eigenvalue weighted by Gasteiger charge is -2.19. The third-order valence-corrected chi connectivity index (χ3v) is 6.10. The first-order valence-electron chi connectivity index (χ1n) is 11.2. The monoisotopic (exact) mass is 452 g/mol. The molecule has 0 bridgehead atoms. The van der Waals surface area contributed by atoms with Crippen LogP contribution in [0.2, 0.25) is 0 Å². The van der Waals surface area contributed by atoms with Crippen molar-refractivity contribution >= 4 is 12.4 Å². The van der Waals surface area contributed by atoms with Gasteiger partial charge in [-0.2, -0.15) is 0 Å². The van der Waals surface area contributed by atoms with Gasteiger partial charge in [-0.15, -0.1) is 12.4 Å². The molecule has 4 rings (SSSR count). The maximum absolute atomic E-state index is 10.1. The normalized spacial score (nSPS) is 16.2. The van der Waals surface area contributed by atoms with E-state index >= 15 is 0 Å². The van der Waals surface area contributed by atoms with Gasteiger partial charge in [-0.05, 0) is 78.7 Å². The number of aliphatic hydroxyl groups is 1. The van der Waals surface area contributed by atoms with Gasteiger partial charge in [0.25, 0.3) is 0 Å². The van der Waals surface area contributed by atoms with Crippen molar-refractivity contribution in [2.45, 2.75) is 52.2 Å². The Kier molecular flexibility index (Phi) is 8.30. The fourth-order valence-corrected chi connectivity index (χ4v) is 4.50. The average Bonchev–Trinajstić information content (AvgIpc) is 3.22. The molecule has 3 aromatic rings. The van der Waals surface area contributed by atoms with Crippen LogP contribution in [0, 0.1) is 6.92 Å². The summed E-state index contributed by atoms with van der Waals surface area (Å²) >= 11 is 0. The molecule has 170 valence electrons. The first-order valence-corrected chi connectivity index (χ1v) is 11.2. The van der Waals surface area contributed by atoms with Gasteiger partial charge in [-0.1, -0.05) is 44.2 Å². The molecular weight excluding hydrogens is 420 g/mol. The number of rotatable bonds is 7. The van der Waals surface area contributed by atoms with Crippen LogP contribution in [0.25, 0.3) is 0 Å². The Labute approximate surface area is 197 Å². The van der Waals surface area contributed by atoms with Crippen LogP contribution in [0.3, 0.4) is 0 Å². The third-order valence-electron chi connectivity index (χ3n) is 6.10. The molecule has 2 heterocycles. The van der Waals surface area contributed by atoms with Gasteiger partial charge < -0.3 is 9.84 Å². The third kappa shape index (κ3) is 5.69. The number of likely N-dealkylation sites (tertiary alicyclic amines) is 1. The molecule has 1 aliphatic rings. The Morgan fingerprint density at radius 3 is 2.66 bits per heavy atom. The summed E-state index contributed by atoms with van der Waals surface area (Å²) in [6, 6.07) is 20.5. The summed E-state index contributed by atoms with van der Waals surface area (Å²) < 4.78 is 6.21. The lowest BCUT2D eigenvalue weighted by Crippen LogP contribution is -2.20. The molecule has 0 spiro atoms. The quantitative estimate of drug-likeness (QED) is 0.463. The summed E-state index contributed by atoms with van der Waals surface area (Å²) in [5.74, 6) is 2.47. The van der Waals surface area contributed by atoms with Crippen molar-refractivity contribution in [3.63, 3.8) is 0 Å². The van der Waals surface area contributed by atoms with E-state index in [1.54, 1.807) is 0 Å². The molecule has 1 aromatic heterocycles. The minimum absolute atomic E-state index is 0. The van der Waals surface area contributed by atoms with Crippen LogP contribution >= 0.6 is 12.4 Å². The number of halogens is 1. The molecule has 0 amide bonds. The van der Waals surface area contributed by atoms with E-state index in [1.807, 2.05) is 43.3 Å². The van der Waals surface area contributed by atoms with Crippen LogP contribution in [-0.2, 0) is 13.2 Å². The molecule has 1 aliphatic heterocycles. The topological polar surface area (TPSA) is 45.6 Å². The Bertz CT molecular complexity index is 1040. The molecule has 0 saturated carbocycles. The summed E-state index contributed by atoms with van der Waals surface area (Å²) in [7, 11) is 0. The first kappa shape index (κ1) is 24.2. The number of hydrogen-bond donors (Lipinski definition) is 1. The van der Waals surface area contributed by atoms with Gasteiger partial charge in [-0.25, -0.2) is 0 Å². The zero-order valence-electron chi connectivity index (χ0n) is 19.1. The largest absolute Gasteiger partial charge is 0.457 e. The number of para-hydroxylation sites is 1. The summed E-state index contributed by atoms with van der Waals surface area (Å²) in [5.41, 5.74) is 5.56. The van der Waals surface area contributed by atoms with Crippen molar-refractivity contribution in [3.8, 4) is 11.5 Å². The van der Waals surface area contributed by atoms with E-state index in [4.69, 9.17) is 4.74 Å². The van der Waals surface area contributed by atoms with Gasteiger partial charge >= 0.3 is 0 Å². The summed E-state index contributed by atoms with van der Waals surface area (Å²) in [5, 5.41) is 10.1. The Balaban J connectivity index is 0.00000289. The minimum atomic E-state index is 0. The summed E-state index contributed by atoms with van der Waals surface area (Å²) in [6.07, 6.45) is 1.09. The van der Waals surface area contributed by atoms with Crippen molar-refractivity contribution < 1.29 is 9.84 Å². The fraction of sp³-hybridized carbons (Fsp3) is 0.370. The number of aliphatic hydroxyl groups excluding tert-OH is 1. The van der Waals surface area contributed by atoms with Gasteiger partial charge in [0.2, 0.25) is 0 Å². The standard InChI is InChI=1S/C27H32N2O2.ClH/c1-19(2)25-9-4-5-10-27(25)31-24-11-12-26(22(15-24)18-30)21-13-14-29(16-21)17-23-8-6-7-20(3)28-23;/h4-12,15,19,21,30H,13-14,16-18H2,1-3H3;1H. The predicted octanol–water partition coefficient (Wildman–Crippen LogP) is 6.21. The predicted molar refractivity (Wildman–Crippen MR) is 132 cm³/mol. The van der Waals surface area contributed by atoms with E-state index in [2.05, 4.69) is 48.0 Å². The molecule has 0 radical (unpaired) electrons.